The number of nitrogens with zero attached hydrogens (tertiary/aromatic N) is 1. The van der Waals surface area contributed by atoms with E-state index in [2.05, 4.69) is 6.07 Å². The SMILES string of the molecule is N#CC1(C(O)c2ccc(-c3ccccc3)cc2)CCOC1. The standard InChI is InChI=1S/C18H17NO2/c19-12-18(10-11-21-13-18)17(20)16-8-6-15(7-9-16)14-4-2-1-3-5-14/h1-9,17,20H,10-11,13H2. The van der Waals surface area contributed by atoms with Gasteiger partial charge in [0.15, 0.2) is 0 Å². The van der Waals surface area contributed by atoms with Crippen molar-refractivity contribution in [2.24, 2.45) is 5.41 Å². The Morgan fingerprint density at radius 1 is 1.05 bits per heavy atom. The van der Waals surface area contributed by atoms with Crippen molar-refractivity contribution >= 4 is 0 Å². The van der Waals surface area contributed by atoms with Crippen LogP contribution in [0.2, 0.25) is 0 Å². The van der Waals surface area contributed by atoms with Crippen LogP contribution in [0.1, 0.15) is 18.1 Å². The van der Waals surface area contributed by atoms with Crippen molar-refractivity contribution in [3.05, 3.63) is 60.2 Å². The van der Waals surface area contributed by atoms with Crippen molar-refractivity contribution < 1.29 is 9.84 Å². The summed E-state index contributed by atoms with van der Waals surface area (Å²) in [7, 11) is 0. The average Bonchev–Trinajstić information content (AvgIpc) is 3.05. The monoisotopic (exact) mass is 279 g/mol. The van der Waals surface area contributed by atoms with Crippen LogP contribution in [0.15, 0.2) is 54.6 Å². The maximum absolute atomic E-state index is 10.5. The van der Waals surface area contributed by atoms with E-state index in [-0.39, 0.29) is 0 Å². The Labute approximate surface area is 124 Å². The van der Waals surface area contributed by atoms with Crippen LogP contribution in [0.4, 0.5) is 0 Å². The number of rotatable bonds is 3. The van der Waals surface area contributed by atoms with Crippen LogP contribution in [0.5, 0.6) is 0 Å². The first-order valence-electron chi connectivity index (χ1n) is 7.08. The summed E-state index contributed by atoms with van der Waals surface area (Å²) in [5.41, 5.74) is 2.19. The third-order valence-corrected chi connectivity index (χ3v) is 4.13. The molecule has 1 aliphatic heterocycles. The molecule has 106 valence electrons. The minimum Gasteiger partial charge on any atom is -0.387 e. The summed E-state index contributed by atoms with van der Waals surface area (Å²) in [4.78, 5) is 0. The smallest absolute Gasteiger partial charge is 0.113 e. The average molecular weight is 279 g/mol. The topological polar surface area (TPSA) is 53.2 Å². The molecule has 1 saturated heterocycles. The van der Waals surface area contributed by atoms with Crippen LogP contribution in [-0.2, 0) is 4.74 Å². The highest BCUT2D eigenvalue weighted by molar-refractivity contribution is 5.63. The number of benzene rings is 2. The van der Waals surface area contributed by atoms with E-state index in [1.54, 1.807) is 0 Å². The summed E-state index contributed by atoms with van der Waals surface area (Å²) >= 11 is 0. The van der Waals surface area contributed by atoms with Gasteiger partial charge in [0, 0.05) is 6.61 Å². The van der Waals surface area contributed by atoms with Crippen LogP contribution in [0.3, 0.4) is 0 Å². The summed E-state index contributed by atoms with van der Waals surface area (Å²) in [5, 5.41) is 19.9. The van der Waals surface area contributed by atoms with Crippen LogP contribution in [-0.4, -0.2) is 18.3 Å². The van der Waals surface area contributed by atoms with E-state index in [4.69, 9.17) is 4.74 Å². The van der Waals surface area contributed by atoms with Gasteiger partial charge in [0.05, 0.1) is 18.8 Å². The van der Waals surface area contributed by atoms with E-state index in [1.165, 1.54) is 0 Å². The molecule has 2 unspecified atom stereocenters. The Morgan fingerprint density at radius 2 is 1.71 bits per heavy atom. The van der Waals surface area contributed by atoms with Gasteiger partial charge in [-0.2, -0.15) is 5.26 Å². The van der Waals surface area contributed by atoms with Crippen LogP contribution in [0.25, 0.3) is 11.1 Å². The number of ether oxygens (including phenoxy) is 1. The predicted octanol–water partition coefficient (Wildman–Crippen LogP) is 3.32. The molecule has 3 rings (SSSR count). The first kappa shape index (κ1) is 13.8. The molecular formula is C18H17NO2. The Kier molecular flexibility index (Phi) is 3.74. The second-order valence-corrected chi connectivity index (χ2v) is 5.46. The van der Waals surface area contributed by atoms with Gasteiger partial charge in [-0.05, 0) is 23.1 Å². The highest BCUT2D eigenvalue weighted by atomic mass is 16.5. The summed E-state index contributed by atoms with van der Waals surface area (Å²) in [6, 6.07) is 20.1. The zero-order valence-electron chi connectivity index (χ0n) is 11.7. The van der Waals surface area contributed by atoms with E-state index in [1.807, 2.05) is 54.6 Å². The van der Waals surface area contributed by atoms with Gasteiger partial charge in [0.1, 0.15) is 5.41 Å². The van der Waals surface area contributed by atoms with E-state index >= 15 is 0 Å². The zero-order valence-corrected chi connectivity index (χ0v) is 11.7. The molecule has 3 heteroatoms. The molecule has 1 fully saturated rings. The van der Waals surface area contributed by atoms with Gasteiger partial charge >= 0.3 is 0 Å². The number of hydrogen-bond acceptors (Lipinski definition) is 3. The highest BCUT2D eigenvalue weighted by Gasteiger charge is 2.42. The molecule has 1 N–H and O–H groups in total. The summed E-state index contributed by atoms with van der Waals surface area (Å²) in [5.74, 6) is 0. The third kappa shape index (κ3) is 2.56. The molecule has 2 atom stereocenters. The Balaban J connectivity index is 1.86. The number of hydrogen-bond donors (Lipinski definition) is 1. The van der Waals surface area contributed by atoms with Crippen molar-refractivity contribution in [2.75, 3.05) is 13.2 Å². The first-order valence-corrected chi connectivity index (χ1v) is 7.08. The largest absolute Gasteiger partial charge is 0.387 e. The molecule has 2 aromatic carbocycles. The van der Waals surface area contributed by atoms with Gasteiger partial charge < -0.3 is 9.84 Å². The van der Waals surface area contributed by atoms with Crippen molar-refractivity contribution in [1.82, 2.24) is 0 Å². The molecule has 0 amide bonds. The van der Waals surface area contributed by atoms with Gasteiger partial charge in [-0.3, -0.25) is 0 Å². The third-order valence-electron chi connectivity index (χ3n) is 4.13. The fraction of sp³-hybridized carbons (Fsp3) is 0.278. The Bertz CT molecular complexity index is 637. The van der Waals surface area contributed by atoms with Crippen molar-refractivity contribution in [1.29, 1.82) is 5.26 Å². The lowest BCUT2D eigenvalue weighted by atomic mass is 9.79. The Morgan fingerprint density at radius 3 is 2.29 bits per heavy atom. The minimum absolute atomic E-state index is 0.297. The van der Waals surface area contributed by atoms with Crippen molar-refractivity contribution in [3.8, 4) is 17.2 Å². The van der Waals surface area contributed by atoms with Crippen molar-refractivity contribution in [2.45, 2.75) is 12.5 Å². The highest BCUT2D eigenvalue weighted by Crippen LogP contribution is 2.40. The molecule has 0 aliphatic carbocycles. The molecule has 0 spiro atoms. The lowest BCUT2D eigenvalue weighted by molar-refractivity contribution is 0.0504. The Hall–Kier alpha value is -2.15. The molecular weight excluding hydrogens is 262 g/mol. The van der Waals surface area contributed by atoms with Crippen LogP contribution >= 0.6 is 0 Å². The molecule has 1 aliphatic rings. The molecule has 3 nitrogen and oxygen atoms in total. The number of aliphatic hydroxyl groups is 1. The molecule has 0 bridgehead atoms. The van der Waals surface area contributed by atoms with E-state index in [0.717, 1.165) is 16.7 Å². The van der Waals surface area contributed by atoms with Crippen LogP contribution in [0, 0.1) is 16.7 Å². The molecule has 0 radical (unpaired) electrons. The van der Waals surface area contributed by atoms with Gasteiger partial charge in [-0.1, -0.05) is 54.6 Å². The van der Waals surface area contributed by atoms with Crippen LogP contribution < -0.4 is 0 Å². The zero-order chi connectivity index (χ0) is 14.7. The fourth-order valence-electron chi connectivity index (χ4n) is 2.75. The van der Waals surface area contributed by atoms with Gasteiger partial charge in [0.2, 0.25) is 0 Å². The second-order valence-electron chi connectivity index (χ2n) is 5.46. The van der Waals surface area contributed by atoms with Gasteiger partial charge in [-0.25, -0.2) is 0 Å². The van der Waals surface area contributed by atoms with Gasteiger partial charge in [-0.15, -0.1) is 0 Å². The summed E-state index contributed by atoms with van der Waals surface area (Å²) in [6.07, 6.45) is -0.236. The minimum atomic E-state index is -0.811. The number of nitriles is 1. The van der Waals surface area contributed by atoms with E-state index < -0.39 is 11.5 Å². The summed E-state index contributed by atoms with van der Waals surface area (Å²) < 4.78 is 5.30. The molecule has 21 heavy (non-hydrogen) atoms. The van der Waals surface area contributed by atoms with Crippen molar-refractivity contribution in [3.63, 3.8) is 0 Å². The lowest BCUT2D eigenvalue weighted by Crippen LogP contribution is -2.27. The number of aliphatic hydroxyl groups excluding tert-OH is 1. The van der Waals surface area contributed by atoms with E-state index in [9.17, 15) is 10.4 Å². The second kappa shape index (κ2) is 5.69. The molecule has 0 saturated carbocycles. The van der Waals surface area contributed by atoms with Gasteiger partial charge in [0.25, 0.3) is 0 Å². The first-order chi connectivity index (χ1) is 10.2. The maximum atomic E-state index is 10.5. The quantitative estimate of drug-likeness (QED) is 0.937. The predicted molar refractivity (Wildman–Crippen MR) is 80.3 cm³/mol. The molecule has 2 aromatic rings. The normalized spacial score (nSPS) is 22.7. The lowest BCUT2D eigenvalue weighted by Gasteiger charge is -2.25. The fourth-order valence-corrected chi connectivity index (χ4v) is 2.75. The molecule has 1 heterocycles. The summed E-state index contributed by atoms with van der Waals surface area (Å²) in [6.45, 7) is 0.831. The molecule has 0 aromatic heterocycles. The maximum Gasteiger partial charge on any atom is 0.113 e. The van der Waals surface area contributed by atoms with E-state index in [0.29, 0.717) is 19.6 Å².